The number of nitrogens with zero attached hydrogens (tertiary/aromatic N) is 1. The molecule has 142 valence electrons. The first-order valence-corrected chi connectivity index (χ1v) is 8.78. The van der Waals surface area contributed by atoms with Crippen molar-refractivity contribution in [2.45, 2.75) is 50.7 Å². The van der Waals surface area contributed by atoms with Crippen LogP contribution in [0.15, 0.2) is 24.3 Å². The lowest BCUT2D eigenvalue weighted by Crippen LogP contribution is -2.31. The molecule has 1 amide bonds. The second-order valence-electron chi connectivity index (χ2n) is 6.47. The fourth-order valence-corrected chi connectivity index (χ4v) is 3.45. The van der Waals surface area contributed by atoms with E-state index in [-0.39, 0.29) is 42.9 Å². The summed E-state index contributed by atoms with van der Waals surface area (Å²) < 4.78 is 5.70. The summed E-state index contributed by atoms with van der Waals surface area (Å²) in [6, 6.07) is 8.08. The van der Waals surface area contributed by atoms with Crippen LogP contribution in [0, 0.1) is 0 Å². The lowest BCUT2D eigenvalue weighted by atomic mass is 10.1. The van der Waals surface area contributed by atoms with E-state index in [1.54, 1.807) is 0 Å². The molecule has 0 bridgehead atoms. The minimum absolute atomic E-state index is 0. The Morgan fingerprint density at radius 3 is 2.44 bits per heavy atom. The van der Waals surface area contributed by atoms with E-state index in [0.29, 0.717) is 6.54 Å². The summed E-state index contributed by atoms with van der Waals surface area (Å²) in [4.78, 5) is 14.9. The van der Waals surface area contributed by atoms with Gasteiger partial charge in [-0.25, -0.2) is 0 Å². The van der Waals surface area contributed by atoms with Crippen LogP contribution in [0.25, 0.3) is 0 Å². The number of halogens is 2. The lowest BCUT2D eigenvalue weighted by Gasteiger charge is -2.26. The molecule has 0 saturated carbocycles. The Hall–Kier alpha value is -1.01. The molecule has 2 aliphatic heterocycles. The zero-order valence-corrected chi connectivity index (χ0v) is 16.1. The molecule has 0 aromatic heterocycles. The van der Waals surface area contributed by atoms with E-state index in [1.165, 1.54) is 25.7 Å². The van der Waals surface area contributed by atoms with E-state index in [0.717, 1.165) is 37.3 Å². The molecule has 2 saturated heterocycles. The largest absolute Gasteiger partial charge is 0.370 e. The average Bonchev–Trinajstić information content (AvgIpc) is 2.90. The Kier molecular flexibility index (Phi) is 9.57. The number of para-hydroxylation sites is 2. The molecule has 2 fully saturated rings. The van der Waals surface area contributed by atoms with Crippen molar-refractivity contribution in [2.24, 2.45) is 5.73 Å². The van der Waals surface area contributed by atoms with Gasteiger partial charge in [-0.15, -0.1) is 24.8 Å². The second kappa shape index (κ2) is 10.9. The van der Waals surface area contributed by atoms with Crippen molar-refractivity contribution in [3.63, 3.8) is 0 Å². The van der Waals surface area contributed by atoms with Gasteiger partial charge in [0.2, 0.25) is 0 Å². The minimum Gasteiger partial charge on any atom is -0.370 e. The Morgan fingerprint density at radius 1 is 1.12 bits per heavy atom. The molecular weight excluding hydrogens is 361 g/mol. The van der Waals surface area contributed by atoms with Crippen molar-refractivity contribution in [1.82, 2.24) is 0 Å². The third-order valence-electron chi connectivity index (χ3n) is 4.77. The van der Waals surface area contributed by atoms with E-state index in [4.69, 9.17) is 10.5 Å². The van der Waals surface area contributed by atoms with E-state index < -0.39 is 0 Å². The molecule has 0 radical (unpaired) electrons. The van der Waals surface area contributed by atoms with Gasteiger partial charge in [0.15, 0.2) is 0 Å². The zero-order valence-electron chi connectivity index (χ0n) is 14.5. The van der Waals surface area contributed by atoms with Gasteiger partial charge in [-0.3, -0.25) is 4.79 Å². The summed E-state index contributed by atoms with van der Waals surface area (Å²) in [5.74, 6) is -0.0526. The van der Waals surface area contributed by atoms with Crippen LogP contribution in [0.5, 0.6) is 0 Å². The van der Waals surface area contributed by atoms with Crippen molar-refractivity contribution < 1.29 is 9.53 Å². The first-order chi connectivity index (χ1) is 11.3. The maximum atomic E-state index is 12.5. The number of hydrogen-bond acceptors (Lipinski definition) is 4. The van der Waals surface area contributed by atoms with Crippen molar-refractivity contribution in [1.29, 1.82) is 0 Å². The molecule has 7 heteroatoms. The highest BCUT2D eigenvalue weighted by Gasteiger charge is 2.30. The molecule has 3 N–H and O–H groups in total. The van der Waals surface area contributed by atoms with Gasteiger partial charge in [-0.05, 0) is 37.8 Å². The first-order valence-electron chi connectivity index (χ1n) is 8.78. The van der Waals surface area contributed by atoms with Crippen molar-refractivity contribution in [3.8, 4) is 0 Å². The van der Waals surface area contributed by atoms with Gasteiger partial charge in [0.1, 0.15) is 6.10 Å². The minimum atomic E-state index is -0.374. The van der Waals surface area contributed by atoms with Crippen molar-refractivity contribution in [3.05, 3.63) is 24.3 Å². The van der Waals surface area contributed by atoms with Gasteiger partial charge in [0.25, 0.3) is 5.91 Å². The van der Waals surface area contributed by atoms with Gasteiger partial charge in [-0.1, -0.05) is 25.0 Å². The molecule has 2 heterocycles. The first kappa shape index (κ1) is 22.0. The van der Waals surface area contributed by atoms with Crippen LogP contribution in [0.2, 0.25) is 0 Å². The van der Waals surface area contributed by atoms with Crippen LogP contribution in [0.3, 0.4) is 0 Å². The summed E-state index contributed by atoms with van der Waals surface area (Å²) >= 11 is 0. The van der Waals surface area contributed by atoms with Crippen molar-refractivity contribution >= 4 is 42.1 Å². The standard InChI is InChI=1S/C18H27N3O2.2ClH/c19-13-14-9-10-17(23-14)18(22)20-15-7-3-4-8-16(15)21-11-5-1-2-6-12-21;;/h3-4,7-8,14,17H,1-2,5-6,9-13,19H2,(H,20,22);2*1H/t14-,17+;;/m1../s1. The number of anilines is 2. The molecule has 0 aliphatic carbocycles. The number of nitrogens with two attached hydrogens (primary N) is 1. The normalized spacial score (nSPS) is 23.2. The highest BCUT2D eigenvalue weighted by atomic mass is 35.5. The molecule has 5 nitrogen and oxygen atoms in total. The Morgan fingerprint density at radius 2 is 1.80 bits per heavy atom. The SMILES string of the molecule is Cl.Cl.NC[C@H]1CC[C@@H](C(=O)Nc2ccccc2N2CCCCCC2)O1. The lowest BCUT2D eigenvalue weighted by molar-refractivity contribution is -0.126. The van der Waals surface area contributed by atoms with E-state index in [2.05, 4.69) is 16.3 Å². The fraction of sp³-hybridized carbons (Fsp3) is 0.611. The molecule has 1 aromatic rings. The second-order valence-corrected chi connectivity index (χ2v) is 6.47. The summed E-state index contributed by atoms with van der Waals surface area (Å²) in [6.45, 7) is 2.60. The highest BCUT2D eigenvalue weighted by Crippen LogP contribution is 2.29. The number of hydrogen-bond donors (Lipinski definition) is 2. The van der Waals surface area contributed by atoms with E-state index in [9.17, 15) is 4.79 Å². The average molecular weight is 390 g/mol. The number of ether oxygens (including phenoxy) is 1. The third kappa shape index (κ3) is 5.74. The van der Waals surface area contributed by atoms with Crippen LogP contribution < -0.4 is 16.0 Å². The van der Waals surface area contributed by atoms with Crippen LogP contribution in [-0.2, 0) is 9.53 Å². The fourth-order valence-electron chi connectivity index (χ4n) is 3.45. The third-order valence-corrected chi connectivity index (χ3v) is 4.77. The number of rotatable bonds is 4. The zero-order chi connectivity index (χ0) is 16.1. The topological polar surface area (TPSA) is 67.6 Å². The molecular formula is C18H29Cl2N3O2. The van der Waals surface area contributed by atoms with Crippen molar-refractivity contribution in [2.75, 3.05) is 29.9 Å². The van der Waals surface area contributed by atoms with Crippen LogP contribution in [0.1, 0.15) is 38.5 Å². The molecule has 0 unspecified atom stereocenters. The monoisotopic (exact) mass is 389 g/mol. The molecule has 2 atom stereocenters. The smallest absolute Gasteiger partial charge is 0.253 e. The Bertz CT molecular complexity index is 537. The van der Waals surface area contributed by atoms with E-state index in [1.807, 2.05) is 18.2 Å². The molecule has 1 aromatic carbocycles. The maximum Gasteiger partial charge on any atom is 0.253 e. The summed E-state index contributed by atoms with van der Waals surface area (Å²) in [7, 11) is 0. The van der Waals surface area contributed by atoms with E-state index >= 15 is 0 Å². The predicted octanol–water partition coefficient (Wildman–Crippen LogP) is 3.36. The van der Waals surface area contributed by atoms with Gasteiger partial charge >= 0.3 is 0 Å². The Balaban J connectivity index is 0.00000156. The van der Waals surface area contributed by atoms with Crippen LogP contribution in [0.4, 0.5) is 11.4 Å². The number of carbonyl (C=O) groups is 1. The molecule has 25 heavy (non-hydrogen) atoms. The van der Waals surface area contributed by atoms with Gasteiger partial charge in [0, 0.05) is 19.6 Å². The van der Waals surface area contributed by atoms with Crippen LogP contribution >= 0.6 is 24.8 Å². The van der Waals surface area contributed by atoms with Gasteiger partial charge in [-0.2, -0.15) is 0 Å². The predicted molar refractivity (Wildman–Crippen MR) is 107 cm³/mol. The van der Waals surface area contributed by atoms with Gasteiger partial charge < -0.3 is 20.7 Å². The summed E-state index contributed by atoms with van der Waals surface area (Å²) in [6.07, 6.45) is 6.27. The maximum absolute atomic E-state index is 12.5. The molecule has 0 spiro atoms. The molecule has 3 rings (SSSR count). The number of carbonyl (C=O) groups excluding carboxylic acids is 1. The number of nitrogens with one attached hydrogen (secondary N) is 1. The highest BCUT2D eigenvalue weighted by molar-refractivity contribution is 5.97. The Labute approximate surface area is 162 Å². The number of amides is 1. The van der Waals surface area contributed by atoms with Gasteiger partial charge in [0.05, 0.1) is 17.5 Å². The van der Waals surface area contributed by atoms with Crippen LogP contribution in [-0.4, -0.2) is 37.7 Å². The summed E-state index contributed by atoms with van der Waals surface area (Å²) in [5, 5.41) is 3.07. The number of benzene rings is 1. The quantitative estimate of drug-likeness (QED) is 0.828. The summed E-state index contributed by atoms with van der Waals surface area (Å²) in [5.41, 5.74) is 7.63. The molecule has 2 aliphatic rings.